The molecule has 1 fully saturated rings. The highest BCUT2D eigenvalue weighted by Gasteiger charge is 2.17. The summed E-state index contributed by atoms with van der Waals surface area (Å²) in [5, 5.41) is 8.39. The fourth-order valence-electron chi connectivity index (χ4n) is 3.38. The van der Waals surface area contributed by atoms with E-state index in [2.05, 4.69) is 15.3 Å². The monoisotopic (exact) mass is 348 g/mol. The molecule has 132 valence electrons. The first kappa shape index (κ1) is 16.3. The van der Waals surface area contributed by atoms with Gasteiger partial charge in [0.25, 0.3) is 5.56 Å². The zero-order valence-electron chi connectivity index (χ0n) is 14.4. The van der Waals surface area contributed by atoms with Crippen molar-refractivity contribution in [1.82, 2.24) is 9.78 Å². The normalized spacial score (nSPS) is 13.9. The molecule has 1 aromatic heterocycles. The minimum atomic E-state index is -0.262. The Hall–Kier alpha value is -3.15. The van der Waals surface area contributed by atoms with Crippen LogP contribution in [0.5, 0.6) is 0 Å². The van der Waals surface area contributed by atoms with Crippen molar-refractivity contribution in [3.8, 4) is 0 Å². The Bertz CT molecular complexity index is 1010. The van der Waals surface area contributed by atoms with Crippen LogP contribution in [-0.4, -0.2) is 28.8 Å². The average molecular weight is 348 g/mol. The second-order valence-electron chi connectivity index (χ2n) is 6.45. The molecule has 4 rings (SSSR count). The van der Waals surface area contributed by atoms with Crippen LogP contribution in [-0.2, 0) is 11.3 Å². The number of hydrogen-bond acceptors (Lipinski definition) is 4. The SMILES string of the molecule is O=C(Cn1ncc2ccccc2c1=O)Nc1ccccc1N1CCCC1. The van der Waals surface area contributed by atoms with Gasteiger partial charge in [0.1, 0.15) is 6.54 Å². The van der Waals surface area contributed by atoms with Gasteiger partial charge in [-0.15, -0.1) is 0 Å². The number of rotatable bonds is 4. The van der Waals surface area contributed by atoms with Crippen LogP contribution in [0.2, 0.25) is 0 Å². The van der Waals surface area contributed by atoms with E-state index in [4.69, 9.17) is 0 Å². The van der Waals surface area contributed by atoms with Crippen molar-refractivity contribution in [2.45, 2.75) is 19.4 Å². The number of anilines is 2. The molecule has 26 heavy (non-hydrogen) atoms. The lowest BCUT2D eigenvalue weighted by atomic mass is 10.2. The number of carbonyl (C=O) groups is 1. The summed E-state index contributed by atoms with van der Waals surface area (Å²) in [5.41, 5.74) is 1.54. The molecule has 1 N–H and O–H groups in total. The predicted octanol–water partition coefficient (Wildman–Crippen LogP) is 2.64. The van der Waals surface area contributed by atoms with Gasteiger partial charge in [0.05, 0.1) is 23.0 Å². The van der Waals surface area contributed by atoms with Gasteiger partial charge in [-0.1, -0.05) is 30.3 Å². The molecular formula is C20H20N4O2. The molecule has 0 atom stereocenters. The molecule has 6 heteroatoms. The van der Waals surface area contributed by atoms with Gasteiger partial charge in [-0.2, -0.15) is 5.10 Å². The van der Waals surface area contributed by atoms with Crippen molar-refractivity contribution in [2.24, 2.45) is 0 Å². The summed E-state index contributed by atoms with van der Waals surface area (Å²) in [6.07, 6.45) is 3.94. The Morgan fingerprint density at radius 3 is 2.62 bits per heavy atom. The fraction of sp³-hybridized carbons (Fsp3) is 0.250. The van der Waals surface area contributed by atoms with Crippen LogP contribution in [0.25, 0.3) is 10.8 Å². The number of benzene rings is 2. The number of carbonyl (C=O) groups excluding carboxylic acids is 1. The van der Waals surface area contributed by atoms with Crippen LogP contribution in [0.15, 0.2) is 59.5 Å². The number of nitrogens with zero attached hydrogens (tertiary/aromatic N) is 3. The average Bonchev–Trinajstić information content (AvgIpc) is 3.19. The van der Waals surface area contributed by atoms with E-state index < -0.39 is 0 Å². The highest BCUT2D eigenvalue weighted by atomic mass is 16.2. The van der Waals surface area contributed by atoms with Crippen LogP contribution in [0.3, 0.4) is 0 Å². The van der Waals surface area contributed by atoms with Crippen molar-refractivity contribution in [1.29, 1.82) is 0 Å². The Labute approximate surface area is 151 Å². The third kappa shape index (κ3) is 3.18. The topological polar surface area (TPSA) is 67.2 Å². The largest absolute Gasteiger partial charge is 0.370 e. The number of aromatic nitrogens is 2. The van der Waals surface area contributed by atoms with E-state index >= 15 is 0 Å². The zero-order chi connectivity index (χ0) is 17.9. The third-order valence-electron chi connectivity index (χ3n) is 4.68. The molecule has 0 unspecified atom stereocenters. The van der Waals surface area contributed by atoms with E-state index in [1.54, 1.807) is 18.3 Å². The van der Waals surface area contributed by atoms with Gasteiger partial charge in [-0.3, -0.25) is 9.59 Å². The van der Waals surface area contributed by atoms with Crippen LogP contribution in [0.1, 0.15) is 12.8 Å². The number of fused-ring (bicyclic) bond motifs is 1. The van der Waals surface area contributed by atoms with Gasteiger partial charge < -0.3 is 10.2 Å². The number of para-hydroxylation sites is 2. The maximum Gasteiger partial charge on any atom is 0.275 e. The molecule has 2 aromatic carbocycles. The number of nitrogens with one attached hydrogen (secondary N) is 1. The van der Waals surface area contributed by atoms with Crippen LogP contribution >= 0.6 is 0 Å². The van der Waals surface area contributed by atoms with Crippen molar-refractivity contribution < 1.29 is 4.79 Å². The van der Waals surface area contributed by atoms with E-state index in [9.17, 15) is 9.59 Å². The summed E-state index contributed by atoms with van der Waals surface area (Å²) >= 11 is 0. The zero-order valence-corrected chi connectivity index (χ0v) is 14.4. The maximum absolute atomic E-state index is 12.5. The number of hydrogen-bond donors (Lipinski definition) is 1. The summed E-state index contributed by atoms with van der Waals surface area (Å²) in [6, 6.07) is 15.0. The van der Waals surface area contributed by atoms with Gasteiger partial charge in [-0.25, -0.2) is 4.68 Å². The van der Waals surface area contributed by atoms with Gasteiger partial charge in [0.2, 0.25) is 5.91 Å². The second kappa shape index (κ2) is 7.00. The van der Waals surface area contributed by atoms with E-state index in [1.807, 2.05) is 36.4 Å². The van der Waals surface area contributed by atoms with Crippen molar-refractivity contribution in [3.05, 3.63) is 65.1 Å². The molecule has 0 spiro atoms. The van der Waals surface area contributed by atoms with E-state index in [1.165, 1.54) is 17.5 Å². The lowest BCUT2D eigenvalue weighted by molar-refractivity contribution is -0.117. The van der Waals surface area contributed by atoms with Gasteiger partial charge >= 0.3 is 0 Å². The van der Waals surface area contributed by atoms with Gasteiger partial charge in [-0.05, 0) is 31.0 Å². The van der Waals surface area contributed by atoms with Crippen LogP contribution < -0.4 is 15.8 Å². The quantitative estimate of drug-likeness (QED) is 0.787. The Balaban J connectivity index is 1.55. The minimum Gasteiger partial charge on any atom is -0.370 e. The molecule has 0 saturated carbocycles. The molecular weight excluding hydrogens is 328 g/mol. The lowest BCUT2D eigenvalue weighted by Crippen LogP contribution is -2.30. The first-order chi connectivity index (χ1) is 12.7. The highest BCUT2D eigenvalue weighted by Crippen LogP contribution is 2.28. The first-order valence-corrected chi connectivity index (χ1v) is 8.81. The molecule has 3 aromatic rings. The highest BCUT2D eigenvalue weighted by molar-refractivity contribution is 5.94. The van der Waals surface area contributed by atoms with Crippen molar-refractivity contribution >= 4 is 28.1 Å². The molecule has 1 amide bonds. The Kier molecular flexibility index (Phi) is 4.39. The summed E-state index contributed by atoms with van der Waals surface area (Å²) in [4.78, 5) is 27.3. The Morgan fingerprint density at radius 2 is 1.77 bits per heavy atom. The third-order valence-corrected chi connectivity index (χ3v) is 4.68. The molecule has 1 aliphatic heterocycles. The molecule has 2 heterocycles. The lowest BCUT2D eigenvalue weighted by Gasteiger charge is -2.21. The van der Waals surface area contributed by atoms with Crippen molar-refractivity contribution in [3.63, 3.8) is 0 Å². The first-order valence-electron chi connectivity index (χ1n) is 8.81. The number of amides is 1. The van der Waals surface area contributed by atoms with E-state index in [-0.39, 0.29) is 18.0 Å². The molecule has 0 bridgehead atoms. The molecule has 0 radical (unpaired) electrons. The van der Waals surface area contributed by atoms with Crippen LogP contribution in [0.4, 0.5) is 11.4 Å². The van der Waals surface area contributed by atoms with Gasteiger partial charge in [0, 0.05) is 18.5 Å². The minimum absolute atomic E-state index is 0.113. The summed E-state index contributed by atoms with van der Waals surface area (Å²) in [6.45, 7) is 1.88. The smallest absolute Gasteiger partial charge is 0.275 e. The Morgan fingerprint density at radius 1 is 1.04 bits per heavy atom. The summed E-state index contributed by atoms with van der Waals surface area (Å²) in [7, 11) is 0. The van der Waals surface area contributed by atoms with E-state index in [0.717, 1.165) is 29.9 Å². The molecule has 1 aliphatic rings. The summed E-state index contributed by atoms with van der Waals surface area (Å²) < 4.78 is 1.20. The standard InChI is InChI=1S/C20H20N4O2/c25-19(14-24-20(26)16-8-2-1-7-15(16)13-21-24)22-17-9-3-4-10-18(17)23-11-5-6-12-23/h1-4,7-10,13H,5-6,11-12,14H2,(H,22,25). The van der Waals surface area contributed by atoms with Crippen molar-refractivity contribution in [2.75, 3.05) is 23.3 Å². The molecule has 6 nitrogen and oxygen atoms in total. The van der Waals surface area contributed by atoms with Gasteiger partial charge in [0.15, 0.2) is 0 Å². The second-order valence-corrected chi connectivity index (χ2v) is 6.45. The summed E-state index contributed by atoms with van der Waals surface area (Å²) in [5.74, 6) is -0.262. The van der Waals surface area contributed by atoms with E-state index in [0.29, 0.717) is 5.39 Å². The molecule has 0 aliphatic carbocycles. The van der Waals surface area contributed by atoms with Crippen LogP contribution in [0, 0.1) is 0 Å². The maximum atomic E-state index is 12.5. The fourth-order valence-corrected chi connectivity index (χ4v) is 3.38. The molecule has 1 saturated heterocycles. The predicted molar refractivity (Wildman–Crippen MR) is 103 cm³/mol.